The summed E-state index contributed by atoms with van der Waals surface area (Å²) in [5.41, 5.74) is 3.80. The number of benzene rings is 1. The molecule has 6 nitrogen and oxygen atoms in total. The maximum Gasteiger partial charge on any atom is 0.259 e. The van der Waals surface area contributed by atoms with Crippen molar-refractivity contribution < 1.29 is 4.42 Å². The van der Waals surface area contributed by atoms with Gasteiger partial charge in [-0.25, -0.2) is 4.98 Å². The molecule has 0 saturated heterocycles. The van der Waals surface area contributed by atoms with Crippen LogP contribution >= 0.6 is 0 Å². The Morgan fingerprint density at radius 1 is 1.11 bits per heavy atom. The number of fused-ring (bicyclic) bond motifs is 1. The molecule has 0 saturated carbocycles. The van der Waals surface area contributed by atoms with E-state index < -0.39 is 0 Å². The van der Waals surface area contributed by atoms with E-state index in [0.717, 1.165) is 23.6 Å². The molecule has 0 amide bonds. The summed E-state index contributed by atoms with van der Waals surface area (Å²) in [6.07, 6.45) is 2.67. The highest BCUT2D eigenvalue weighted by atomic mass is 16.3. The highest BCUT2D eigenvalue weighted by Crippen LogP contribution is 2.28. The molecule has 2 aromatic heterocycles. The molecule has 0 atom stereocenters. The molecule has 1 aliphatic rings. The normalized spacial score (nSPS) is 14.4. The van der Waals surface area contributed by atoms with Gasteiger partial charge in [0.05, 0.1) is 26.1 Å². The van der Waals surface area contributed by atoms with Crippen molar-refractivity contribution in [2.75, 3.05) is 11.6 Å². The van der Waals surface area contributed by atoms with E-state index in [-0.39, 0.29) is 5.56 Å². The fourth-order valence-corrected chi connectivity index (χ4v) is 3.42. The van der Waals surface area contributed by atoms with Crippen LogP contribution in [0.4, 0.5) is 11.6 Å². The second-order valence-electron chi connectivity index (χ2n) is 6.99. The summed E-state index contributed by atoms with van der Waals surface area (Å²) in [5, 5.41) is 0. The summed E-state index contributed by atoms with van der Waals surface area (Å²) in [6.45, 7) is 7.64. The zero-order valence-corrected chi connectivity index (χ0v) is 16.0. The molecule has 4 rings (SSSR count). The Kier molecular flexibility index (Phi) is 4.58. The zero-order chi connectivity index (χ0) is 19.0. The summed E-state index contributed by atoms with van der Waals surface area (Å²) in [6, 6.07) is 12.3. The van der Waals surface area contributed by atoms with Crippen LogP contribution in [0.1, 0.15) is 29.5 Å². The van der Waals surface area contributed by atoms with Crippen molar-refractivity contribution in [3.8, 4) is 0 Å². The Morgan fingerprint density at radius 3 is 2.56 bits per heavy atom. The Bertz CT molecular complexity index is 990. The van der Waals surface area contributed by atoms with E-state index in [1.165, 1.54) is 5.56 Å². The van der Waals surface area contributed by atoms with E-state index in [2.05, 4.69) is 41.0 Å². The van der Waals surface area contributed by atoms with Gasteiger partial charge in [-0.1, -0.05) is 19.1 Å². The quantitative estimate of drug-likeness (QED) is 0.708. The van der Waals surface area contributed by atoms with Crippen LogP contribution in [-0.4, -0.2) is 21.1 Å². The summed E-state index contributed by atoms with van der Waals surface area (Å²) >= 11 is 0. The fraction of sp³-hybridized carbons (Fsp3) is 0.333. The topological polar surface area (TPSA) is 54.5 Å². The van der Waals surface area contributed by atoms with Gasteiger partial charge in [-0.3, -0.25) is 19.2 Å². The molecule has 0 spiro atoms. The molecule has 0 fully saturated rings. The molecular weight excluding hydrogens is 340 g/mol. The van der Waals surface area contributed by atoms with E-state index in [1.54, 1.807) is 10.8 Å². The van der Waals surface area contributed by atoms with E-state index in [0.29, 0.717) is 31.4 Å². The molecule has 1 aromatic carbocycles. The molecule has 3 heterocycles. The van der Waals surface area contributed by atoms with E-state index >= 15 is 0 Å². The molecule has 0 radical (unpaired) electrons. The van der Waals surface area contributed by atoms with Gasteiger partial charge in [0.25, 0.3) is 5.56 Å². The van der Waals surface area contributed by atoms with Gasteiger partial charge in [0, 0.05) is 16.9 Å². The third-order valence-corrected chi connectivity index (χ3v) is 5.16. The lowest BCUT2D eigenvalue weighted by Gasteiger charge is -2.38. The van der Waals surface area contributed by atoms with Crippen molar-refractivity contribution in [1.29, 1.82) is 0 Å². The van der Waals surface area contributed by atoms with E-state index in [1.807, 2.05) is 26.0 Å². The minimum Gasteiger partial charge on any atom is -0.468 e. The molecule has 3 aromatic rings. The molecule has 140 valence electrons. The minimum atomic E-state index is 0.0109. The zero-order valence-electron chi connectivity index (χ0n) is 16.0. The molecule has 0 unspecified atom stereocenters. The average molecular weight is 364 g/mol. The molecule has 27 heavy (non-hydrogen) atoms. The van der Waals surface area contributed by atoms with Crippen molar-refractivity contribution in [3.63, 3.8) is 0 Å². The molecule has 0 aliphatic carbocycles. The molecule has 0 N–H and O–H groups in total. The Hall–Kier alpha value is -2.86. The van der Waals surface area contributed by atoms with Crippen LogP contribution in [0.3, 0.4) is 0 Å². The molecule has 0 bridgehead atoms. The van der Waals surface area contributed by atoms with Crippen molar-refractivity contribution in [2.45, 2.75) is 40.4 Å². The SMILES string of the molecule is CCc1ccc(N2CN(Cc3ccco3)Cn3c2nc(C)c(C)c3=O)cc1. The van der Waals surface area contributed by atoms with Crippen molar-refractivity contribution in [3.05, 3.63) is 75.6 Å². The largest absolute Gasteiger partial charge is 0.468 e. The number of rotatable bonds is 4. The van der Waals surface area contributed by atoms with Gasteiger partial charge < -0.3 is 4.42 Å². The van der Waals surface area contributed by atoms with Gasteiger partial charge in [0.2, 0.25) is 5.95 Å². The van der Waals surface area contributed by atoms with Crippen LogP contribution in [0.25, 0.3) is 0 Å². The maximum atomic E-state index is 12.9. The Labute approximate surface area is 158 Å². The molecular formula is C21H24N4O2. The van der Waals surface area contributed by atoms with Crippen LogP contribution in [-0.2, 0) is 19.6 Å². The smallest absolute Gasteiger partial charge is 0.259 e. The third kappa shape index (κ3) is 3.28. The first-order valence-corrected chi connectivity index (χ1v) is 9.26. The van der Waals surface area contributed by atoms with Gasteiger partial charge in [-0.2, -0.15) is 0 Å². The van der Waals surface area contributed by atoms with Gasteiger partial charge in [-0.15, -0.1) is 0 Å². The van der Waals surface area contributed by atoms with Crippen LogP contribution in [0.5, 0.6) is 0 Å². The van der Waals surface area contributed by atoms with Crippen molar-refractivity contribution in [1.82, 2.24) is 14.5 Å². The van der Waals surface area contributed by atoms with Gasteiger partial charge in [0.1, 0.15) is 5.76 Å². The molecule has 6 heteroatoms. The highest BCUT2D eigenvalue weighted by molar-refractivity contribution is 5.58. The van der Waals surface area contributed by atoms with Gasteiger partial charge in [0.15, 0.2) is 0 Å². The van der Waals surface area contributed by atoms with Crippen LogP contribution in [0.2, 0.25) is 0 Å². The Balaban J connectivity index is 1.77. The lowest BCUT2D eigenvalue weighted by atomic mass is 10.1. The fourth-order valence-electron chi connectivity index (χ4n) is 3.42. The number of hydrogen-bond acceptors (Lipinski definition) is 5. The summed E-state index contributed by atoms with van der Waals surface area (Å²) < 4.78 is 7.26. The average Bonchev–Trinajstić information content (AvgIpc) is 3.19. The maximum absolute atomic E-state index is 12.9. The van der Waals surface area contributed by atoms with Crippen LogP contribution in [0, 0.1) is 13.8 Å². The number of aromatic nitrogens is 2. The lowest BCUT2D eigenvalue weighted by molar-refractivity contribution is 0.176. The highest BCUT2D eigenvalue weighted by Gasteiger charge is 2.27. The predicted octanol–water partition coefficient (Wildman–Crippen LogP) is 3.58. The monoisotopic (exact) mass is 364 g/mol. The predicted molar refractivity (Wildman–Crippen MR) is 105 cm³/mol. The minimum absolute atomic E-state index is 0.0109. The number of furan rings is 1. The van der Waals surface area contributed by atoms with Crippen molar-refractivity contribution >= 4 is 11.6 Å². The number of aryl methyl sites for hydroxylation is 2. The summed E-state index contributed by atoms with van der Waals surface area (Å²) in [4.78, 5) is 21.9. The molecule has 1 aliphatic heterocycles. The standard InChI is InChI=1S/C21H24N4O2/c1-4-17-7-9-18(10-8-17)24-13-23(12-19-6-5-11-27-19)14-25-20(26)15(2)16(3)22-21(24)25/h5-11H,4,12-14H2,1-3H3. The van der Waals surface area contributed by atoms with E-state index in [9.17, 15) is 4.79 Å². The van der Waals surface area contributed by atoms with Gasteiger partial charge >= 0.3 is 0 Å². The number of hydrogen-bond donors (Lipinski definition) is 0. The van der Waals surface area contributed by atoms with E-state index in [4.69, 9.17) is 9.40 Å². The lowest BCUT2D eigenvalue weighted by Crippen LogP contribution is -2.47. The van der Waals surface area contributed by atoms with Gasteiger partial charge in [-0.05, 0) is 50.1 Å². The first kappa shape index (κ1) is 17.5. The summed E-state index contributed by atoms with van der Waals surface area (Å²) in [5.74, 6) is 1.58. The second kappa shape index (κ2) is 7.04. The number of anilines is 2. The second-order valence-corrected chi connectivity index (χ2v) is 6.99. The van der Waals surface area contributed by atoms with Crippen LogP contribution in [0.15, 0.2) is 51.9 Å². The first-order valence-electron chi connectivity index (χ1n) is 9.26. The summed E-state index contributed by atoms with van der Waals surface area (Å²) in [7, 11) is 0. The van der Waals surface area contributed by atoms with Crippen LogP contribution < -0.4 is 10.5 Å². The third-order valence-electron chi connectivity index (χ3n) is 5.16. The first-order chi connectivity index (χ1) is 13.1. The van der Waals surface area contributed by atoms with Crippen molar-refractivity contribution in [2.24, 2.45) is 0 Å². The number of nitrogens with zero attached hydrogens (tertiary/aromatic N) is 4. The Morgan fingerprint density at radius 2 is 1.89 bits per heavy atom.